The average Bonchev–Trinajstić information content (AvgIpc) is 2.99. The summed E-state index contributed by atoms with van der Waals surface area (Å²) in [6, 6.07) is 8.48. The van der Waals surface area contributed by atoms with Gasteiger partial charge in [0.1, 0.15) is 5.76 Å². The SMILES string of the molecule is Cc1c(C(=O)N2CCSC(c3ccco3)CC2)cccc1[N+](=O)[O-]. The van der Waals surface area contributed by atoms with Crippen molar-refractivity contribution in [2.45, 2.75) is 18.6 Å². The Morgan fingerprint density at radius 1 is 1.33 bits per heavy atom. The van der Waals surface area contributed by atoms with Crippen molar-refractivity contribution in [3.63, 3.8) is 0 Å². The van der Waals surface area contributed by atoms with Gasteiger partial charge >= 0.3 is 0 Å². The highest BCUT2D eigenvalue weighted by atomic mass is 32.2. The molecule has 1 fully saturated rings. The fraction of sp³-hybridized carbons (Fsp3) is 0.353. The molecule has 2 aromatic rings. The van der Waals surface area contributed by atoms with E-state index in [1.807, 2.05) is 12.1 Å². The van der Waals surface area contributed by atoms with Crippen LogP contribution in [0, 0.1) is 17.0 Å². The highest BCUT2D eigenvalue weighted by Crippen LogP contribution is 2.35. The summed E-state index contributed by atoms with van der Waals surface area (Å²) in [6.07, 6.45) is 2.47. The number of carbonyl (C=O) groups is 1. The van der Waals surface area contributed by atoms with Crippen LogP contribution in [0.1, 0.15) is 33.4 Å². The van der Waals surface area contributed by atoms with E-state index in [1.54, 1.807) is 42.0 Å². The topological polar surface area (TPSA) is 76.6 Å². The Morgan fingerprint density at radius 2 is 2.17 bits per heavy atom. The second-order valence-electron chi connectivity index (χ2n) is 5.66. The number of rotatable bonds is 3. The monoisotopic (exact) mass is 346 g/mol. The van der Waals surface area contributed by atoms with Crippen LogP contribution in [0.3, 0.4) is 0 Å². The molecule has 3 rings (SSSR count). The summed E-state index contributed by atoms with van der Waals surface area (Å²) in [6.45, 7) is 2.87. The summed E-state index contributed by atoms with van der Waals surface area (Å²) >= 11 is 1.77. The molecule has 0 spiro atoms. The maximum absolute atomic E-state index is 12.8. The molecule has 2 heterocycles. The van der Waals surface area contributed by atoms with Gasteiger partial charge in [-0.05, 0) is 31.5 Å². The third-order valence-electron chi connectivity index (χ3n) is 4.22. The van der Waals surface area contributed by atoms with Crippen LogP contribution in [-0.2, 0) is 0 Å². The van der Waals surface area contributed by atoms with Gasteiger partial charge in [0.2, 0.25) is 0 Å². The highest BCUT2D eigenvalue weighted by molar-refractivity contribution is 7.99. The first kappa shape index (κ1) is 16.6. The molecular formula is C17H18N2O4S. The predicted molar refractivity (Wildman–Crippen MR) is 92.3 cm³/mol. The zero-order chi connectivity index (χ0) is 17.1. The Labute approximate surface area is 144 Å². The van der Waals surface area contributed by atoms with E-state index < -0.39 is 4.92 Å². The third-order valence-corrected chi connectivity index (χ3v) is 5.51. The second kappa shape index (κ2) is 7.09. The van der Waals surface area contributed by atoms with Crippen molar-refractivity contribution in [1.82, 2.24) is 4.90 Å². The number of thioether (sulfide) groups is 1. The summed E-state index contributed by atoms with van der Waals surface area (Å²) < 4.78 is 5.47. The van der Waals surface area contributed by atoms with Gasteiger partial charge in [-0.2, -0.15) is 0 Å². The Kier molecular flexibility index (Phi) is 4.89. The Balaban J connectivity index is 1.76. The minimum atomic E-state index is -0.447. The number of furan rings is 1. The number of benzene rings is 1. The van der Waals surface area contributed by atoms with E-state index in [9.17, 15) is 14.9 Å². The number of amides is 1. The summed E-state index contributed by atoms with van der Waals surface area (Å²) in [5.41, 5.74) is 0.816. The van der Waals surface area contributed by atoms with E-state index in [4.69, 9.17) is 4.42 Å². The van der Waals surface area contributed by atoms with Crippen molar-refractivity contribution >= 4 is 23.4 Å². The molecule has 24 heavy (non-hydrogen) atoms. The Bertz CT molecular complexity index is 745. The van der Waals surface area contributed by atoms with Gasteiger partial charge in [-0.25, -0.2) is 0 Å². The quantitative estimate of drug-likeness (QED) is 0.624. The number of nitrogens with zero attached hydrogens (tertiary/aromatic N) is 2. The molecule has 6 nitrogen and oxygen atoms in total. The molecule has 1 aliphatic heterocycles. The largest absolute Gasteiger partial charge is 0.468 e. The number of nitro groups is 1. The first-order valence-corrected chi connectivity index (χ1v) is 8.81. The van der Waals surface area contributed by atoms with Crippen molar-refractivity contribution in [3.05, 3.63) is 63.6 Å². The van der Waals surface area contributed by atoms with Crippen LogP contribution < -0.4 is 0 Å². The molecule has 1 saturated heterocycles. The molecule has 1 amide bonds. The Morgan fingerprint density at radius 3 is 2.88 bits per heavy atom. The maximum Gasteiger partial charge on any atom is 0.273 e. The minimum Gasteiger partial charge on any atom is -0.468 e. The highest BCUT2D eigenvalue weighted by Gasteiger charge is 2.26. The fourth-order valence-electron chi connectivity index (χ4n) is 2.90. The van der Waals surface area contributed by atoms with Gasteiger partial charge in [0, 0.05) is 36.0 Å². The van der Waals surface area contributed by atoms with Crippen molar-refractivity contribution in [2.24, 2.45) is 0 Å². The molecule has 1 unspecified atom stereocenters. The maximum atomic E-state index is 12.8. The van der Waals surface area contributed by atoms with Crippen molar-refractivity contribution in [2.75, 3.05) is 18.8 Å². The van der Waals surface area contributed by atoms with E-state index in [0.29, 0.717) is 24.2 Å². The molecule has 0 saturated carbocycles. The lowest BCUT2D eigenvalue weighted by Gasteiger charge is -2.21. The summed E-state index contributed by atoms with van der Waals surface area (Å²) in [4.78, 5) is 25.2. The normalized spacial score (nSPS) is 18.2. The van der Waals surface area contributed by atoms with Gasteiger partial charge in [0.15, 0.2) is 0 Å². The summed E-state index contributed by atoms with van der Waals surface area (Å²) in [5, 5.41) is 11.3. The third kappa shape index (κ3) is 3.31. The molecule has 1 aromatic carbocycles. The number of carbonyl (C=O) groups excluding carboxylic acids is 1. The molecule has 0 N–H and O–H groups in total. The molecular weight excluding hydrogens is 328 g/mol. The smallest absolute Gasteiger partial charge is 0.273 e. The van der Waals surface area contributed by atoms with Gasteiger partial charge in [-0.1, -0.05) is 6.07 Å². The number of nitro benzene ring substituents is 1. The van der Waals surface area contributed by atoms with Gasteiger partial charge in [0.05, 0.1) is 16.4 Å². The number of hydrogen-bond donors (Lipinski definition) is 0. The van der Waals surface area contributed by atoms with Crippen LogP contribution in [0.5, 0.6) is 0 Å². The predicted octanol–water partition coefficient (Wildman–Crippen LogP) is 3.82. The van der Waals surface area contributed by atoms with Crippen LogP contribution in [0.2, 0.25) is 0 Å². The van der Waals surface area contributed by atoms with Gasteiger partial charge < -0.3 is 9.32 Å². The van der Waals surface area contributed by atoms with Crippen molar-refractivity contribution in [1.29, 1.82) is 0 Å². The molecule has 126 valence electrons. The van der Waals surface area contributed by atoms with Gasteiger partial charge in [-0.3, -0.25) is 14.9 Å². The summed E-state index contributed by atoms with van der Waals surface area (Å²) in [7, 11) is 0. The van der Waals surface area contributed by atoms with E-state index in [2.05, 4.69) is 0 Å². The molecule has 0 radical (unpaired) electrons. The zero-order valence-electron chi connectivity index (χ0n) is 13.3. The first-order chi connectivity index (χ1) is 11.6. The lowest BCUT2D eigenvalue weighted by Crippen LogP contribution is -2.33. The molecule has 0 bridgehead atoms. The van der Waals surface area contributed by atoms with Crippen LogP contribution >= 0.6 is 11.8 Å². The average molecular weight is 346 g/mol. The zero-order valence-corrected chi connectivity index (χ0v) is 14.1. The van der Waals surface area contributed by atoms with Gasteiger partial charge in [0.25, 0.3) is 11.6 Å². The molecule has 1 atom stereocenters. The molecule has 1 aliphatic rings. The molecule has 7 heteroatoms. The molecule has 1 aromatic heterocycles. The van der Waals surface area contributed by atoms with E-state index in [0.717, 1.165) is 17.9 Å². The van der Waals surface area contributed by atoms with Crippen LogP contribution in [-0.4, -0.2) is 34.6 Å². The Hall–Kier alpha value is -2.28. The summed E-state index contributed by atoms with van der Waals surface area (Å²) in [5.74, 6) is 1.60. The standard InChI is InChI=1S/C17H18N2O4S/c1-12-13(4-2-5-14(12)19(21)22)17(20)18-8-7-16(24-11-9-18)15-6-3-10-23-15/h2-6,10,16H,7-9,11H2,1H3. The lowest BCUT2D eigenvalue weighted by molar-refractivity contribution is -0.385. The number of hydrogen-bond acceptors (Lipinski definition) is 5. The van der Waals surface area contributed by atoms with E-state index in [-0.39, 0.29) is 16.8 Å². The van der Waals surface area contributed by atoms with Crippen LogP contribution in [0.4, 0.5) is 5.69 Å². The minimum absolute atomic E-state index is 0.0153. The van der Waals surface area contributed by atoms with E-state index in [1.165, 1.54) is 6.07 Å². The lowest BCUT2D eigenvalue weighted by atomic mass is 10.1. The van der Waals surface area contributed by atoms with Crippen molar-refractivity contribution in [3.8, 4) is 0 Å². The second-order valence-corrected chi connectivity index (χ2v) is 6.97. The first-order valence-electron chi connectivity index (χ1n) is 7.76. The van der Waals surface area contributed by atoms with Crippen LogP contribution in [0.15, 0.2) is 41.0 Å². The van der Waals surface area contributed by atoms with Gasteiger partial charge in [-0.15, -0.1) is 11.8 Å². The van der Waals surface area contributed by atoms with E-state index >= 15 is 0 Å². The van der Waals surface area contributed by atoms with Crippen molar-refractivity contribution < 1.29 is 14.1 Å². The fourth-order valence-corrected chi connectivity index (χ4v) is 4.08. The molecule has 0 aliphatic carbocycles. The van der Waals surface area contributed by atoms with Crippen LogP contribution in [0.25, 0.3) is 0 Å².